The highest BCUT2D eigenvalue weighted by Crippen LogP contribution is 2.41. The van der Waals surface area contributed by atoms with Crippen molar-refractivity contribution in [2.75, 3.05) is 12.4 Å². The fourth-order valence-electron chi connectivity index (χ4n) is 1.99. The number of carbonyl (C=O) groups is 1. The van der Waals surface area contributed by atoms with Crippen molar-refractivity contribution in [3.8, 4) is 0 Å². The van der Waals surface area contributed by atoms with Crippen LogP contribution in [0.1, 0.15) is 37.0 Å². The normalized spacial score (nSPS) is 15.5. The molecule has 2 rings (SSSR count). The van der Waals surface area contributed by atoms with E-state index in [0.29, 0.717) is 17.3 Å². The molecule has 0 saturated heterocycles. The van der Waals surface area contributed by atoms with Crippen LogP contribution in [-0.2, 0) is 4.74 Å². The van der Waals surface area contributed by atoms with Gasteiger partial charge in [0.2, 0.25) is 0 Å². The lowest BCUT2D eigenvalue weighted by Crippen LogP contribution is -2.34. The number of aromatic nitrogens is 1. The molecule has 1 saturated carbocycles. The van der Waals surface area contributed by atoms with Gasteiger partial charge in [-0.15, -0.1) is 0 Å². The zero-order valence-electron chi connectivity index (χ0n) is 10.5. The van der Waals surface area contributed by atoms with Gasteiger partial charge >= 0.3 is 5.97 Å². The van der Waals surface area contributed by atoms with E-state index in [0.717, 1.165) is 0 Å². The number of carbonyl (C=O) groups excluding carboxylic acids is 1. The van der Waals surface area contributed by atoms with Gasteiger partial charge in [0.15, 0.2) is 0 Å². The molecule has 0 atom stereocenters. The molecule has 4 nitrogen and oxygen atoms in total. The summed E-state index contributed by atoms with van der Waals surface area (Å²) in [4.78, 5) is 15.8. The summed E-state index contributed by atoms with van der Waals surface area (Å²) in [5.41, 5.74) is 0.459. The molecule has 0 unspecified atom stereocenters. The molecule has 0 amide bonds. The van der Waals surface area contributed by atoms with Gasteiger partial charge in [0.05, 0.1) is 7.11 Å². The Morgan fingerprint density at radius 3 is 2.82 bits per heavy atom. The van der Waals surface area contributed by atoms with Gasteiger partial charge in [0, 0.05) is 11.7 Å². The third-order valence-electron chi connectivity index (χ3n) is 3.25. The Morgan fingerprint density at radius 2 is 2.24 bits per heavy atom. The number of hydrogen-bond acceptors (Lipinski definition) is 4. The molecule has 1 aromatic heterocycles. The van der Waals surface area contributed by atoms with Gasteiger partial charge in [-0.3, -0.25) is 0 Å². The molecule has 0 bridgehead atoms. The van der Waals surface area contributed by atoms with Crippen molar-refractivity contribution in [2.24, 2.45) is 5.92 Å². The molecule has 1 aliphatic rings. The summed E-state index contributed by atoms with van der Waals surface area (Å²) >= 11 is 0. The molecule has 0 radical (unpaired) electrons. The van der Waals surface area contributed by atoms with Crippen molar-refractivity contribution in [2.45, 2.75) is 32.2 Å². The first-order valence-electron chi connectivity index (χ1n) is 5.86. The zero-order chi connectivity index (χ0) is 12.5. The maximum atomic E-state index is 11.6. The van der Waals surface area contributed by atoms with Crippen LogP contribution < -0.4 is 5.32 Å². The molecule has 4 heteroatoms. The Bertz CT molecular complexity index is 425. The van der Waals surface area contributed by atoms with Crippen LogP contribution in [0, 0.1) is 5.92 Å². The second-order valence-corrected chi connectivity index (χ2v) is 5.01. The number of nitrogens with one attached hydrogen (secondary N) is 1. The molecule has 1 aliphatic carbocycles. The number of esters is 1. The molecular weight excluding hydrogens is 216 g/mol. The quantitative estimate of drug-likeness (QED) is 0.813. The number of nitrogens with zero attached hydrogens (tertiary/aromatic N) is 1. The van der Waals surface area contributed by atoms with Crippen LogP contribution in [-0.4, -0.2) is 23.6 Å². The molecule has 1 fully saturated rings. The number of rotatable bonds is 4. The summed E-state index contributed by atoms with van der Waals surface area (Å²) < 4.78 is 4.75. The fourth-order valence-corrected chi connectivity index (χ4v) is 1.99. The SMILES string of the molecule is COC(=O)c1cccnc1NC(C)(C)C1CC1. The lowest BCUT2D eigenvalue weighted by molar-refractivity contribution is 0.0601. The fraction of sp³-hybridized carbons (Fsp3) is 0.538. The summed E-state index contributed by atoms with van der Waals surface area (Å²) in [6.07, 6.45) is 4.15. The Morgan fingerprint density at radius 1 is 1.53 bits per heavy atom. The highest BCUT2D eigenvalue weighted by molar-refractivity contribution is 5.94. The van der Waals surface area contributed by atoms with Crippen LogP contribution in [0.4, 0.5) is 5.82 Å². The summed E-state index contributed by atoms with van der Waals surface area (Å²) in [5, 5.41) is 3.35. The topological polar surface area (TPSA) is 51.2 Å². The molecule has 92 valence electrons. The summed E-state index contributed by atoms with van der Waals surface area (Å²) in [6, 6.07) is 3.46. The average molecular weight is 234 g/mol. The second-order valence-electron chi connectivity index (χ2n) is 5.01. The molecule has 0 aromatic carbocycles. The van der Waals surface area contributed by atoms with E-state index in [1.54, 1.807) is 18.3 Å². The van der Waals surface area contributed by atoms with Crippen LogP contribution in [0.5, 0.6) is 0 Å². The minimum Gasteiger partial charge on any atom is -0.465 e. The first-order valence-corrected chi connectivity index (χ1v) is 5.86. The predicted molar refractivity (Wildman–Crippen MR) is 66.0 cm³/mol. The van der Waals surface area contributed by atoms with Crippen molar-refractivity contribution in [3.63, 3.8) is 0 Å². The van der Waals surface area contributed by atoms with E-state index >= 15 is 0 Å². The first-order chi connectivity index (χ1) is 8.04. The summed E-state index contributed by atoms with van der Waals surface area (Å²) in [7, 11) is 1.38. The zero-order valence-corrected chi connectivity index (χ0v) is 10.5. The van der Waals surface area contributed by atoms with E-state index in [9.17, 15) is 4.79 Å². The Labute approximate surface area is 101 Å². The van der Waals surface area contributed by atoms with Crippen molar-refractivity contribution < 1.29 is 9.53 Å². The average Bonchev–Trinajstić information content (AvgIpc) is 3.12. The standard InChI is InChI=1S/C13H18N2O2/c1-13(2,9-6-7-9)15-11-10(12(16)17-3)5-4-8-14-11/h4-5,8-9H,6-7H2,1-3H3,(H,14,15). The van der Waals surface area contributed by atoms with E-state index in [2.05, 4.69) is 24.1 Å². The van der Waals surface area contributed by atoms with E-state index in [1.165, 1.54) is 20.0 Å². The van der Waals surface area contributed by atoms with Crippen molar-refractivity contribution in [3.05, 3.63) is 23.9 Å². The van der Waals surface area contributed by atoms with E-state index in [4.69, 9.17) is 4.74 Å². The van der Waals surface area contributed by atoms with E-state index < -0.39 is 0 Å². The third kappa shape index (κ3) is 2.57. The molecule has 1 heterocycles. The van der Waals surface area contributed by atoms with Crippen molar-refractivity contribution >= 4 is 11.8 Å². The maximum absolute atomic E-state index is 11.6. The van der Waals surface area contributed by atoms with Gasteiger partial charge in [-0.2, -0.15) is 0 Å². The van der Waals surface area contributed by atoms with Gasteiger partial charge in [-0.25, -0.2) is 9.78 Å². The Balaban J connectivity index is 2.22. The second kappa shape index (κ2) is 4.35. The monoisotopic (exact) mass is 234 g/mol. The smallest absolute Gasteiger partial charge is 0.341 e. The Hall–Kier alpha value is -1.58. The van der Waals surface area contributed by atoms with Crippen LogP contribution in [0.3, 0.4) is 0 Å². The number of pyridine rings is 1. The number of anilines is 1. The van der Waals surface area contributed by atoms with Crippen LogP contribution in [0.15, 0.2) is 18.3 Å². The Kier molecular flexibility index (Phi) is 3.05. The van der Waals surface area contributed by atoms with Crippen LogP contribution in [0.25, 0.3) is 0 Å². The molecule has 1 aromatic rings. The summed E-state index contributed by atoms with van der Waals surface area (Å²) in [6.45, 7) is 4.28. The van der Waals surface area contributed by atoms with Gasteiger partial charge in [0.1, 0.15) is 11.4 Å². The molecule has 1 N–H and O–H groups in total. The van der Waals surface area contributed by atoms with Crippen molar-refractivity contribution in [1.29, 1.82) is 0 Å². The maximum Gasteiger partial charge on any atom is 0.341 e. The lowest BCUT2D eigenvalue weighted by atomic mass is 9.98. The minimum absolute atomic E-state index is 0.0306. The van der Waals surface area contributed by atoms with Gasteiger partial charge in [-0.05, 0) is 44.7 Å². The first kappa shape index (κ1) is 11.9. The van der Waals surface area contributed by atoms with Crippen molar-refractivity contribution in [1.82, 2.24) is 4.98 Å². The van der Waals surface area contributed by atoms with E-state index in [1.807, 2.05) is 0 Å². The molecule has 17 heavy (non-hydrogen) atoms. The largest absolute Gasteiger partial charge is 0.465 e. The minimum atomic E-state index is -0.354. The van der Waals surface area contributed by atoms with Crippen LogP contribution >= 0.6 is 0 Å². The van der Waals surface area contributed by atoms with Gasteiger partial charge < -0.3 is 10.1 Å². The molecule has 0 aliphatic heterocycles. The number of methoxy groups -OCH3 is 1. The lowest BCUT2D eigenvalue weighted by Gasteiger charge is -2.27. The summed E-state index contributed by atoms with van der Waals surface area (Å²) in [5.74, 6) is 0.915. The third-order valence-corrected chi connectivity index (χ3v) is 3.25. The highest BCUT2D eigenvalue weighted by atomic mass is 16.5. The highest BCUT2D eigenvalue weighted by Gasteiger charge is 2.38. The van der Waals surface area contributed by atoms with E-state index in [-0.39, 0.29) is 11.5 Å². The van der Waals surface area contributed by atoms with Gasteiger partial charge in [0.25, 0.3) is 0 Å². The predicted octanol–water partition coefficient (Wildman–Crippen LogP) is 2.47. The molecule has 0 spiro atoms. The molecular formula is C13H18N2O2. The number of ether oxygens (including phenoxy) is 1. The number of hydrogen-bond donors (Lipinski definition) is 1. The van der Waals surface area contributed by atoms with Crippen LogP contribution in [0.2, 0.25) is 0 Å². The van der Waals surface area contributed by atoms with Gasteiger partial charge in [-0.1, -0.05) is 0 Å².